The molecule has 7 nitrogen and oxygen atoms in total. The highest BCUT2D eigenvalue weighted by molar-refractivity contribution is 7.92. The Balaban J connectivity index is 0.00000272. The largest absolute Gasteiger partial charge is 0.494 e. The molecule has 0 amide bonds. The van der Waals surface area contributed by atoms with Crippen LogP contribution in [0.3, 0.4) is 0 Å². The summed E-state index contributed by atoms with van der Waals surface area (Å²) in [4.78, 5) is 4.74. The van der Waals surface area contributed by atoms with Crippen molar-refractivity contribution in [2.24, 2.45) is 0 Å². The molecule has 162 valence electrons. The zero-order valence-electron chi connectivity index (χ0n) is 16.9. The maximum absolute atomic E-state index is 11.5. The Kier molecular flexibility index (Phi) is 6.54. The lowest BCUT2D eigenvalue weighted by Gasteiger charge is -2.17. The van der Waals surface area contributed by atoms with Crippen LogP contribution in [0.5, 0.6) is 5.75 Å². The minimum atomic E-state index is -3.40. The van der Waals surface area contributed by atoms with Crippen molar-refractivity contribution in [2.45, 2.75) is 6.61 Å². The van der Waals surface area contributed by atoms with Crippen molar-refractivity contribution < 1.29 is 18.3 Å². The van der Waals surface area contributed by atoms with E-state index in [0.717, 1.165) is 39.3 Å². The summed E-state index contributed by atoms with van der Waals surface area (Å²) in [5.74, 6) is 0.482. The van der Waals surface area contributed by atoms with E-state index in [1.807, 2.05) is 42.5 Å². The normalized spacial score (nSPS) is 11.2. The molecule has 0 fully saturated rings. The van der Waals surface area contributed by atoms with Gasteiger partial charge in [0, 0.05) is 22.4 Å². The molecule has 0 atom stereocenters. The molecule has 4 rings (SSSR count). The predicted molar refractivity (Wildman–Crippen MR) is 127 cm³/mol. The number of nitrogens with one attached hydrogen (secondary N) is 2. The molecule has 0 aliphatic rings. The highest BCUT2D eigenvalue weighted by atomic mass is 35.5. The smallest absolute Gasteiger partial charge is 0.229 e. The van der Waals surface area contributed by atoms with Crippen molar-refractivity contribution in [2.75, 3.05) is 23.4 Å². The third kappa shape index (κ3) is 4.66. The second-order valence-corrected chi connectivity index (χ2v) is 8.64. The first-order valence-corrected chi connectivity index (χ1v) is 11.1. The lowest BCUT2D eigenvalue weighted by atomic mass is 10.0. The Morgan fingerprint density at radius 3 is 2.48 bits per heavy atom. The quantitative estimate of drug-likeness (QED) is 0.369. The number of pyridine rings is 1. The average molecular weight is 460 g/mol. The molecule has 3 N–H and O–H groups in total. The third-order valence-electron chi connectivity index (χ3n) is 4.73. The third-order valence-corrected chi connectivity index (χ3v) is 5.34. The highest BCUT2D eigenvalue weighted by Crippen LogP contribution is 2.37. The second-order valence-electron chi connectivity index (χ2n) is 6.89. The minimum absolute atomic E-state index is 0. The predicted octanol–water partition coefficient (Wildman–Crippen LogP) is 4.43. The van der Waals surface area contributed by atoms with E-state index in [1.54, 1.807) is 18.2 Å². The number of ether oxygens (including phenoxy) is 1. The van der Waals surface area contributed by atoms with E-state index in [0.29, 0.717) is 17.1 Å². The van der Waals surface area contributed by atoms with Gasteiger partial charge in [-0.25, -0.2) is 13.4 Å². The van der Waals surface area contributed by atoms with Gasteiger partial charge in [-0.1, -0.05) is 36.4 Å². The fourth-order valence-electron chi connectivity index (χ4n) is 3.44. The average Bonchev–Trinajstić information content (AvgIpc) is 2.73. The van der Waals surface area contributed by atoms with Crippen LogP contribution in [0.2, 0.25) is 0 Å². The summed E-state index contributed by atoms with van der Waals surface area (Å²) in [6, 6.07) is 18.5. The number of anilines is 3. The molecular formula is C22H22ClN3O4S. The first-order valence-electron chi connectivity index (χ1n) is 9.23. The van der Waals surface area contributed by atoms with E-state index in [-0.39, 0.29) is 19.0 Å². The van der Waals surface area contributed by atoms with Crippen LogP contribution >= 0.6 is 12.4 Å². The van der Waals surface area contributed by atoms with Gasteiger partial charge in [-0.15, -0.1) is 12.4 Å². The molecule has 1 heterocycles. The molecule has 9 heteroatoms. The van der Waals surface area contributed by atoms with E-state index < -0.39 is 10.0 Å². The Labute approximate surface area is 186 Å². The Morgan fingerprint density at radius 1 is 1.03 bits per heavy atom. The molecule has 1 aromatic heterocycles. The van der Waals surface area contributed by atoms with Gasteiger partial charge < -0.3 is 15.2 Å². The molecule has 0 saturated carbocycles. The fourth-order valence-corrected chi connectivity index (χ4v) is 4.00. The number of benzene rings is 3. The van der Waals surface area contributed by atoms with E-state index in [9.17, 15) is 13.5 Å². The number of hydrogen-bond acceptors (Lipinski definition) is 6. The van der Waals surface area contributed by atoms with Crippen molar-refractivity contribution >= 4 is 61.3 Å². The van der Waals surface area contributed by atoms with Gasteiger partial charge in [-0.05, 0) is 18.2 Å². The van der Waals surface area contributed by atoms with Gasteiger partial charge in [0.1, 0.15) is 5.75 Å². The van der Waals surface area contributed by atoms with Gasteiger partial charge in [-0.3, -0.25) is 4.72 Å². The first-order chi connectivity index (χ1) is 14.4. The SMILES string of the molecule is COc1cc(NS(C)(=O)=O)ccc1Nc1c2ccccc2nc2c(CO)cccc12.Cl. The van der Waals surface area contributed by atoms with Gasteiger partial charge in [-0.2, -0.15) is 0 Å². The fraction of sp³-hybridized carbons (Fsp3) is 0.136. The molecule has 0 bridgehead atoms. The lowest BCUT2D eigenvalue weighted by molar-refractivity contribution is 0.283. The number of halogens is 1. The van der Waals surface area contributed by atoms with Gasteiger partial charge >= 0.3 is 0 Å². The van der Waals surface area contributed by atoms with Crippen LogP contribution < -0.4 is 14.8 Å². The van der Waals surface area contributed by atoms with Crippen molar-refractivity contribution in [1.82, 2.24) is 4.98 Å². The number of fused-ring (bicyclic) bond motifs is 2. The summed E-state index contributed by atoms with van der Waals surface area (Å²) >= 11 is 0. The van der Waals surface area contributed by atoms with Crippen molar-refractivity contribution in [3.8, 4) is 5.75 Å². The van der Waals surface area contributed by atoms with Crippen molar-refractivity contribution in [3.63, 3.8) is 0 Å². The number of nitrogens with zero attached hydrogens (tertiary/aromatic N) is 1. The molecule has 3 aromatic carbocycles. The standard InChI is InChI=1S/C22H21N3O4S.ClH/c1-29-20-12-15(25-30(2,27)28)10-11-19(20)24-22-16-7-3-4-9-18(16)23-21-14(13-26)6-5-8-17(21)22;/h3-12,25-26H,13H2,1-2H3,(H,23,24);1H. The van der Waals surface area contributed by atoms with Gasteiger partial charge in [0.05, 0.1) is 48.1 Å². The van der Waals surface area contributed by atoms with Crippen LogP contribution in [-0.4, -0.2) is 31.9 Å². The lowest BCUT2D eigenvalue weighted by Crippen LogP contribution is -2.09. The van der Waals surface area contributed by atoms with Crippen LogP contribution in [-0.2, 0) is 16.6 Å². The zero-order chi connectivity index (χ0) is 21.3. The van der Waals surface area contributed by atoms with Crippen molar-refractivity contribution in [1.29, 1.82) is 0 Å². The summed E-state index contributed by atoms with van der Waals surface area (Å²) in [5.41, 5.74) is 4.16. The summed E-state index contributed by atoms with van der Waals surface area (Å²) in [7, 11) is -1.87. The number of aromatic nitrogens is 1. The van der Waals surface area contributed by atoms with Gasteiger partial charge in [0.15, 0.2) is 0 Å². The Morgan fingerprint density at radius 2 is 1.77 bits per heavy atom. The molecule has 0 spiro atoms. The number of sulfonamides is 1. The Bertz CT molecular complexity index is 1360. The molecular weight excluding hydrogens is 438 g/mol. The zero-order valence-corrected chi connectivity index (χ0v) is 18.5. The second kappa shape index (κ2) is 8.97. The van der Waals surface area contributed by atoms with Crippen LogP contribution in [0.4, 0.5) is 17.1 Å². The van der Waals surface area contributed by atoms with E-state index >= 15 is 0 Å². The first kappa shape index (κ1) is 22.6. The van der Waals surface area contributed by atoms with Crippen LogP contribution in [0, 0.1) is 0 Å². The molecule has 0 radical (unpaired) electrons. The number of hydrogen-bond donors (Lipinski definition) is 3. The molecule has 0 aliphatic heterocycles. The van der Waals surface area contributed by atoms with Crippen molar-refractivity contribution in [3.05, 3.63) is 66.2 Å². The topological polar surface area (TPSA) is 101 Å². The number of aliphatic hydroxyl groups is 1. The number of rotatable bonds is 6. The number of aliphatic hydroxyl groups excluding tert-OH is 1. The van der Waals surface area contributed by atoms with Crippen LogP contribution in [0.25, 0.3) is 21.8 Å². The van der Waals surface area contributed by atoms with E-state index in [4.69, 9.17) is 9.72 Å². The van der Waals surface area contributed by atoms with E-state index in [1.165, 1.54) is 7.11 Å². The summed E-state index contributed by atoms with van der Waals surface area (Å²) in [5, 5.41) is 15.0. The van der Waals surface area contributed by atoms with Gasteiger partial charge in [0.2, 0.25) is 10.0 Å². The monoisotopic (exact) mass is 459 g/mol. The van der Waals surface area contributed by atoms with E-state index in [2.05, 4.69) is 10.0 Å². The Hall–Kier alpha value is -3.07. The van der Waals surface area contributed by atoms with Crippen LogP contribution in [0.1, 0.15) is 5.56 Å². The molecule has 0 unspecified atom stereocenters. The number of methoxy groups -OCH3 is 1. The molecule has 31 heavy (non-hydrogen) atoms. The number of para-hydroxylation sites is 2. The molecule has 4 aromatic rings. The maximum atomic E-state index is 11.5. The molecule has 0 aliphatic carbocycles. The summed E-state index contributed by atoms with van der Waals surface area (Å²) in [6.07, 6.45) is 1.10. The summed E-state index contributed by atoms with van der Waals surface area (Å²) < 4.78 is 31.0. The highest BCUT2D eigenvalue weighted by Gasteiger charge is 2.14. The summed E-state index contributed by atoms with van der Waals surface area (Å²) in [6.45, 7) is -0.114. The molecule has 0 saturated heterocycles. The van der Waals surface area contributed by atoms with Crippen LogP contribution in [0.15, 0.2) is 60.7 Å². The minimum Gasteiger partial charge on any atom is -0.494 e. The maximum Gasteiger partial charge on any atom is 0.229 e. The van der Waals surface area contributed by atoms with Gasteiger partial charge in [0.25, 0.3) is 0 Å².